The molecule has 1 unspecified atom stereocenters. The standard InChI is InChI=1S/C27H48N/c1-5-9-12-18-23-28(24-19-13-10-6-2,25-20-14-11-7-3)27(8-4)26-21-16-15-17-22-26/h8,15-17,21-22,27H,4-7,9-14,18-20,23-25H2,1-3H3/q+1. The Labute approximate surface area is 176 Å². The van der Waals surface area contributed by atoms with Gasteiger partial charge in [-0.1, -0.05) is 96.2 Å². The predicted octanol–water partition coefficient (Wildman–Crippen LogP) is 8.47. The van der Waals surface area contributed by atoms with Crippen molar-refractivity contribution in [3.63, 3.8) is 0 Å². The number of nitrogens with zero attached hydrogens (tertiary/aromatic N) is 1. The van der Waals surface area contributed by atoms with Crippen molar-refractivity contribution in [3.05, 3.63) is 48.6 Å². The second-order valence-electron chi connectivity index (χ2n) is 8.66. The molecule has 0 saturated heterocycles. The average molecular weight is 387 g/mol. The smallest absolute Gasteiger partial charge is 0.133 e. The van der Waals surface area contributed by atoms with Crippen LogP contribution in [0.15, 0.2) is 43.0 Å². The second kappa shape index (κ2) is 15.8. The van der Waals surface area contributed by atoms with Gasteiger partial charge in [0.25, 0.3) is 0 Å². The molecule has 0 fully saturated rings. The van der Waals surface area contributed by atoms with E-state index in [1.54, 1.807) is 0 Å². The maximum absolute atomic E-state index is 4.32. The van der Waals surface area contributed by atoms with Gasteiger partial charge in [0.05, 0.1) is 19.6 Å². The van der Waals surface area contributed by atoms with Gasteiger partial charge in [-0.05, 0) is 44.6 Å². The number of unbranched alkanes of at least 4 members (excludes halogenated alkanes) is 9. The normalized spacial score (nSPS) is 12.8. The molecule has 0 aromatic heterocycles. The van der Waals surface area contributed by atoms with E-state index in [1.807, 2.05) is 0 Å². The molecule has 1 heteroatoms. The Morgan fingerprint density at radius 2 is 1.11 bits per heavy atom. The molecule has 1 aromatic rings. The van der Waals surface area contributed by atoms with Gasteiger partial charge in [-0.2, -0.15) is 0 Å². The highest BCUT2D eigenvalue weighted by Crippen LogP contribution is 2.33. The molecule has 1 nitrogen and oxygen atoms in total. The first-order chi connectivity index (χ1) is 13.7. The van der Waals surface area contributed by atoms with Crippen molar-refractivity contribution in [2.24, 2.45) is 0 Å². The van der Waals surface area contributed by atoms with Gasteiger partial charge in [-0.15, -0.1) is 0 Å². The van der Waals surface area contributed by atoms with Crippen LogP contribution in [0.25, 0.3) is 0 Å². The predicted molar refractivity (Wildman–Crippen MR) is 127 cm³/mol. The van der Waals surface area contributed by atoms with Gasteiger partial charge in [0.15, 0.2) is 0 Å². The van der Waals surface area contributed by atoms with E-state index in [2.05, 4.69) is 63.8 Å². The number of quaternary nitrogens is 1. The summed E-state index contributed by atoms with van der Waals surface area (Å²) in [5, 5.41) is 0. The molecule has 0 N–H and O–H groups in total. The average Bonchev–Trinajstić information content (AvgIpc) is 2.73. The SMILES string of the molecule is C=CC(c1ccccc1)[N+](CCCCCC)(CCCCCC)CCCCCC. The lowest BCUT2D eigenvalue weighted by molar-refractivity contribution is -0.951. The first-order valence-corrected chi connectivity index (χ1v) is 12.3. The largest absolute Gasteiger partial charge is 0.314 e. The fraction of sp³-hybridized carbons (Fsp3) is 0.704. The monoisotopic (exact) mass is 386 g/mol. The summed E-state index contributed by atoms with van der Waals surface area (Å²) in [6, 6.07) is 11.6. The van der Waals surface area contributed by atoms with E-state index in [0.29, 0.717) is 6.04 Å². The Kier molecular flexibility index (Phi) is 14.1. The zero-order valence-corrected chi connectivity index (χ0v) is 19.3. The third-order valence-corrected chi connectivity index (χ3v) is 6.33. The Balaban J connectivity index is 3.04. The molecule has 1 atom stereocenters. The van der Waals surface area contributed by atoms with E-state index in [-0.39, 0.29) is 0 Å². The maximum atomic E-state index is 4.32. The summed E-state index contributed by atoms with van der Waals surface area (Å²) in [6.45, 7) is 15.2. The van der Waals surface area contributed by atoms with Gasteiger partial charge in [-0.25, -0.2) is 0 Å². The quantitative estimate of drug-likeness (QED) is 0.135. The molecule has 1 aromatic carbocycles. The van der Waals surface area contributed by atoms with Gasteiger partial charge in [0.2, 0.25) is 0 Å². The van der Waals surface area contributed by atoms with E-state index in [1.165, 1.54) is 107 Å². The van der Waals surface area contributed by atoms with Gasteiger partial charge in [0, 0.05) is 5.56 Å². The summed E-state index contributed by atoms with van der Waals surface area (Å²) in [4.78, 5) is 0. The van der Waals surface area contributed by atoms with Crippen LogP contribution in [0.1, 0.15) is 109 Å². The van der Waals surface area contributed by atoms with E-state index in [4.69, 9.17) is 0 Å². The molecule has 0 aliphatic carbocycles. The van der Waals surface area contributed by atoms with Crippen molar-refractivity contribution in [1.29, 1.82) is 0 Å². The van der Waals surface area contributed by atoms with Crippen LogP contribution in [0.5, 0.6) is 0 Å². The second-order valence-corrected chi connectivity index (χ2v) is 8.66. The van der Waals surface area contributed by atoms with Crippen molar-refractivity contribution in [2.75, 3.05) is 19.6 Å². The van der Waals surface area contributed by atoms with Gasteiger partial charge in [-0.3, -0.25) is 0 Å². The van der Waals surface area contributed by atoms with E-state index >= 15 is 0 Å². The van der Waals surface area contributed by atoms with Gasteiger partial charge >= 0.3 is 0 Å². The number of hydrogen-bond acceptors (Lipinski definition) is 0. The Bertz CT molecular complexity index is 447. The molecule has 0 amide bonds. The van der Waals surface area contributed by atoms with E-state index < -0.39 is 0 Å². The van der Waals surface area contributed by atoms with Crippen LogP contribution in [0, 0.1) is 0 Å². The fourth-order valence-electron chi connectivity index (χ4n) is 4.64. The van der Waals surface area contributed by atoms with Crippen molar-refractivity contribution < 1.29 is 4.48 Å². The molecule has 0 bridgehead atoms. The lowest BCUT2D eigenvalue weighted by atomic mass is 9.98. The third-order valence-electron chi connectivity index (χ3n) is 6.33. The molecule has 0 radical (unpaired) electrons. The van der Waals surface area contributed by atoms with E-state index in [9.17, 15) is 0 Å². The van der Waals surface area contributed by atoms with Crippen LogP contribution in [0.3, 0.4) is 0 Å². The van der Waals surface area contributed by atoms with Crippen molar-refractivity contribution in [1.82, 2.24) is 0 Å². The molecule has 0 saturated carbocycles. The zero-order valence-electron chi connectivity index (χ0n) is 19.3. The van der Waals surface area contributed by atoms with Gasteiger partial charge < -0.3 is 4.48 Å². The Morgan fingerprint density at radius 1 is 0.679 bits per heavy atom. The summed E-state index contributed by atoms with van der Waals surface area (Å²) >= 11 is 0. The van der Waals surface area contributed by atoms with Crippen molar-refractivity contribution in [3.8, 4) is 0 Å². The van der Waals surface area contributed by atoms with Gasteiger partial charge in [0.1, 0.15) is 6.04 Å². The first-order valence-electron chi connectivity index (χ1n) is 12.3. The minimum atomic E-state index is 0.436. The summed E-state index contributed by atoms with van der Waals surface area (Å²) in [5.74, 6) is 0. The van der Waals surface area contributed by atoms with Crippen LogP contribution >= 0.6 is 0 Å². The molecular formula is C27H48N+. The molecule has 160 valence electrons. The molecule has 0 aliphatic heterocycles. The number of rotatable bonds is 18. The maximum Gasteiger partial charge on any atom is 0.133 e. The summed E-state index contributed by atoms with van der Waals surface area (Å²) in [7, 11) is 0. The summed E-state index contributed by atoms with van der Waals surface area (Å²) < 4.78 is 1.23. The topological polar surface area (TPSA) is 0 Å². The zero-order chi connectivity index (χ0) is 20.5. The Morgan fingerprint density at radius 3 is 1.46 bits per heavy atom. The van der Waals surface area contributed by atoms with Crippen LogP contribution in [-0.2, 0) is 0 Å². The summed E-state index contributed by atoms with van der Waals surface area (Å²) in [6.07, 6.45) is 18.5. The molecule has 28 heavy (non-hydrogen) atoms. The molecule has 1 rings (SSSR count). The molecular weight excluding hydrogens is 338 g/mol. The molecule has 0 aliphatic rings. The van der Waals surface area contributed by atoms with Crippen LogP contribution < -0.4 is 0 Å². The highest BCUT2D eigenvalue weighted by molar-refractivity contribution is 5.20. The third kappa shape index (κ3) is 8.95. The molecule has 0 spiro atoms. The lowest BCUT2D eigenvalue weighted by Crippen LogP contribution is -2.52. The van der Waals surface area contributed by atoms with Crippen LogP contribution in [0.4, 0.5) is 0 Å². The van der Waals surface area contributed by atoms with Crippen LogP contribution in [-0.4, -0.2) is 24.1 Å². The Hall–Kier alpha value is -1.08. The minimum Gasteiger partial charge on any atom is -0.314 e. The van der Waals surface area contributed by atoms with E-state index in [0.717, 1.165) is 0 Å². The fourth-order valence-corrected chi connectivity index (χ4v) is 4.64. The van der Waals surface area contributed by atoms with Crippen molar-refractivity contribution in [2.45, 2.75) is 104 Å². The first kappa shape index (κ1) is 25.0. The van der Waals surface area contributed by atoms with Crippen LogP contribution in [0.2, 0.25) is 0 Å². The summed E-state index contributed by atoms with van der Waals surface area (Å²) in [5.41, 5.74) is 1.46. The lowest BCUT2D eigenvalue weighted by Gasteiger charge is -2.45. The highest BCUT2D eigenvalue weighted by atomic mass is 15.4. The number of benzene rings is 1. The highest BCUT2D eigenvalue weighted by Gasteiger charge is 2.34. The number of hydrogen-bond donors (Lipinski definition) is 0. The minimum absolute atomic E-state index is 0.436. The molecule has 0 heterocycles. The van der Waals surface area contributed by atoms with Crippen molar-refractivity contribution >= 4 is 0 Å².